The zero-order valence-electron chi connectivity index (χ0n) is 12.9. The first-order valence-corrected chi connectivity index (χ1v) is 7.66. The second-order valence-electron chi connectivity index (χ2n) is 5.58. The molecule has 0 saturated carbocycles. The van der Waals surface area contributed by atoms with Crippen molar-refractivity contribution >= 4 is 10.9 Å². The highest BCUT2D eigenvalue weighted by Gasteiger charge is 2.05. The van der Waals surface area contributed by atoms with Crippen LogP contribution in [0.2, 0.25) is 0 Å². The molecule has 0 fully saturated rings. The number of ether oxygens (including phenoxy) is 1. The first kappa shape index (κ1) is 13.6. The molecule has 0 unspecified atom stereocenters. The Bertz CT molecular complexity index is 937. The lowest BCUT2D eigenvalue weighted by Gasteiger charge is -2.03. The molecule has 0 aliphatic carbocycles. The summed E-state index contributed by atoms with van der Waals surface area (Å²) in [6.07, 6.45) is 0. The Balaban J connectivity index is 1.70. The number of rotatable bonds is 3. The van der Waals surface area contributed by atoms with Gasteiger partial charge in [-0.25, -0.2) is 0 Å². The zero-order valence-corrected chi connectivity index (χ0v) is 12.9. The highest BCUT2D eigenvalue weighted by atomic mass is 16.5. The first-order chi connectivity index (χ1) is 11.3. The molecule has 0 atom stereocenters. The van der Waals surface area contributed by atoms with Crippen LogP contribution in [-0.2, 0) is 0 Å². The summed E-state index contributed by atoms with van der Waals surface area (Å²) in [6.45, 7) is 0. The predicted molar refractivity (Wildman–Crippen MR) is 95.7 cm³/mol. The fourth-order valence-corrected chi connectivity index (χ4v) is 2.86. The molecule has 1 aromatic heterocycles. The van der Waals surface area contributed by atoms with Gasteiger partial charge in [-0.2, -0.15) is 0 Å². The highest BCUT2D eigenvalue weighted by molar-refractivity contribution is 5.87. The van der Waals surface area contributed by atoms with E-state index in [9.17, 15) is 0 Å². The van der Waals surface area contributed by atoms with E-state index < -0.39 is 0 Å². The maximum atomic E-state index is 5.28. The molecule has 2 nitrogen and oxygen atoms in total. The van der Waals surface area contributed by atoms with Gasteiger partial charge < -0.3 is 9.72 Å². The number of hydrogen-bond donors (Lipinski definition) is 1. The van der Waals surface area contributed by atoms with Crippen molar-refractivity contribution in [2.75, 3.05) is 7.11 Å². The average molecular weight is 299 g/mol. The van der Waals surface area contributed by atoms with E-state index in [0.717, 1.165) is 17.0 Å². The molecule has 112 valence electrons. The van der Waals surface area contributed by atoms with Gasteiger partial charge in [-0.05, 0) is 34.9 Å². The van der Waals surface area contributed by atoms with Gasteiger partial charge in [0.2, 0.25) is 0 Å². The molecule has 0 bridgehead atoms. The molecule has 0 saturated heterocycles. The number of hydrogen-bond acceptors (Lipinski definition) is 1. The molecule has 0 spiro atoms. The smallest absolute Gasteiger partial charge is 0.120 e. The summed E-state index contributed by atoms with van der Waals surface area (Å²) in [5.41, 5.74) is 5.85. The van der Waals surface area contributed by atoms with Crippen LogP contribution in [0.1, 0.15) is 0 Å². The summed E-state index contributed by atoms with van der Waals surface area (Å²) in [6, 6.07) is 27.3. The number of aromatic amines is 1. The normalized spacial score (nSPS) is 10.8. The van der Waals surface area contributed by atoms with Gasteiger partial charge in [0.05, 0.1) is 7.11 Å². The van der Waals surface area contributed by atoms with Crippen molar-refractivity contribution in [1.29, 1.82) is 0 Å². The molecule has 2 heteroatoms. The van der Waals surface area contributed by atoms with Gasteiger partial charge in [-0.1, -0.05) is 54.6 Å². The molecule has 3 aromatic carbocycles. The molecule has 4 rings (SSSR count). The molecule has 0 amide bonds. The Hall–Kier alpha value is -3.00. The Morgan fingerprint density at radius 3 is 2.13 bits per heavy atom. The van der Waals surface area contributed by atoms with Crippen LogP contribution in [0.5, 0.6) is 5.75 Å². The van der Waals surface area contributed by atoms with Crippen molar-refractivity contribution in [3.8, 4) is 28.1 Å². The molecule has 1 heterocycles. The lowest BCUT2D eigenvalue weighted by atomic mass is 10.0. The van der Waals surface area contributed by atoms with E-state index in [0.29, 0.717) is 0 Å². The van der Waals surface area contributed by atoms with Crippen LogP contribution in [0.3, 0.4) is 0 Å². The van der Waals surface area contributed by atoms with E-state index in [2.05, 4.69) is 65.6 Å². The third-order valence-electron chi connectivity index (χ3n) is 4.13. The Morgan fingerprint density at radius 2 is 1.39 bits per heavy atom. The van der Waals surface area contributed by atoms with Gasteiger partial charge in [0.25, 0.3) is 0 Å². The molecule has 0 radical (unpaired) electrons. The Morgan fingerprint density at radius 1 is 0.696 bits per heavy atom. The second kappa shape index (κ2) is 5.65. The summed E-state index contributed by atoms with van der Waals surface area (Å²) >= 11 is 0. The van der Waals surface area contributed by atoms with Crippen LogP contribution in [0.4, 0.5) is 0 Å². The minimum atomic E-state index is 0.866. The number of H-pyrrole nitrogens is 1. The third-order valence-corrected chi connectivity index (χ3v) is 4.13. The maximum absolute atomic E-state index is 5.28. The lowest BCUT2D eigenvalue weighted by molar-refractivity contribution is 0.415. The molecule has 23 heavy (non-hydrogen) atoms. The van der Waals surface area contributed by atoms with Crippen LogP contribution in [0, 0.1) is 0 Å². The quantitative estimate of drug-likeness (QED) is 0.530. The van der Waals surface area contributed by atoms with Crippen molar-refractivity contribution in [2.45, 2.75) is 0 Å². The molecule has 4 aromatic rings. The summed E-state index contributed by atoms with van der Waals surface area (Å²) in [5.74, 6) is 0.866. The molecule has 0 aliphatic heterocycles. The van der Waals surface area contributed by atoms with Gasteiger partial charge in [0.15, 0.2) is 0 Å². The zero-order chi connectivity index (χ0) is 15.6. The van der Waals surface area contributed by atoms with E-state index in [1.807, 2.05) is 18.2 Å². The molecule has 1 N–H and O–H groups in total. The third kappa shape index (κ3) is 2.59. The predicted octanol–water partition coefficient (Wildman–Crippen LogP) is 5.51. The van der Waals surface area contributed by atoms with Gasteiger partial charge in [0.1, 0.15) is 5.75 Å². The maximum Gasteiger partial charge on any atom is 0.120 e. The van der Waals surface area contributed by atoms with Crippen molar-refractivity contribution in [3.05, 3.63) is 78.9 Å². The number of methoxy groups -OCH3 is 1. The minimum Gasteiger partial charge on any atom is -0.497 e. The van der Waals surface area contributed by atoms with Crippen molar-refractivity contribution in [2.24, 2.45) is 0 Å². The van der Waals surface area contributed by atoms with Crippen LogP contribution < -0.4 is 4.74 Å². The SMILES string of the molecule is COc1ccc2cc(-c3ccc(-c4ccccc4)cc3)[nH]c2c1. The fraction of sp³-hybridized carbons (Fsp3) is 0.0476. The average Bonchev–Trinajstić information content (AvgIpc) is 3.05. The summed E-state index contributed by atoms with van der Waals surface area (Å²) < 4.78 is 5.28. The Kier molecular flexibility index (Phi) is 3.35. The topological polar surface area (TPSA) is 25.0 Å². The van der Waals surface area contributed by atoms with Gasteiger partial charge in [-0.15, -0.1) is 0 Å². The number of benzene rings is 3. The van der Waals surface area contributed by atoms with E-state index in [4.69, 9.17) is 4.74 Å². The van der Waals surface area contributed by atoms with Gasteiger partial charge >= 0.3 is 0 Å². The molecular weight excluding hydrogens is 282 g/mol. The Labute approximate surface area is 135 Å². The standard InChI is InChI=1S/C21H17NO/c1-23-19-12-11-18-13-20(22-21(18)14-19)17-9-7-16(8-10-17)15-5-3-2-4-6-15/h2-14,22H,1H3. The van der Waals surface area contributed by atoms with Crippen LogP contribution in [0.25, 0.3) is 33.3 Å². The highest BCUT2D eigenvalue weighted by Crippen LogP contribution is 2.28. The molecular formula is C21H17NO. The van der Waals surface area contributed by atoms with Crippen LogP contribution in [-0.4, -0.2) is 12.1 Å². The van der Waals surface area contributed by atoms with E-state index in [1.54, 1.807) is 7.11 Å². The monoisotopic (exact) mass is 299 g/mol. The van der Waals surface area contributed by atoms with Crippen molar-refractivity contribution in [1.82, 2.24) is 4.98 Å². The van der Waals surface area contributed by atoms with Gasteiger partial charge in [0, 0.05) is 22.7 Å². The van der Waals surface area contributed by atoms with E-state index in [1.165, 1.54) is 22.1 Å². The van der Waals surface area contributed by atoms with Crippen LogP contribution in [0.15, 0.2) is 78.9 Å². The van der Waals surface area contributed by atoms with Crippen molar-refractivity contribution in [3.63, 3.8) is 0 Å². The summed E-state index contributed by atoms with van der Waals surface area (Å²) in [5, 5.41) is 1.19. The fourth-order valence-electron chi connectivity index (χ4n) is 2.86. The van der Waals surface area contributed by atoms with E-state index in [-0.39, 0.29) is 0 Å². The summed E-state index contributed by atoms with van der Waals surface area (Å²) in [4.78, 5) is 3.47. The number of aromatic nitrogens is 1. The van der Waals surface area contributed by atoms with Crippen molar-refractivity contribution < 1.29 is 4.74 Å². The van der Waals surface area contributed by atoms with Crippen LogP contribution >= 0.6 is 0 Å². The largest absolute Gasteiger partial charge is 0.497 e. The second-order valence-corrected chi connectivity index (χ2v) is 5.58. The van der Waals surface area contributed by atoms with E-state index >= 15 is 0 Å². The number of nitrogens with one attached hydrogen (secondary N) is 1. The first-order valence-electron chi connectivity index (χ1n) is 7.66. The van der Waals surface area contributed by atoms with Gasteiger partial charge in [-0.3, -0.25) is 0 Å². The lowest BCUT2D eigenvalue weighted by Crippen LogP contribution is -1.81. The minimum absolute atomic E-state index is 0.866. The number of fused-ring (bicyclic) bond motifs is 1. The molecule has 0 aliphatic rings. The summed E-state index contributed by atoms with van der Waals surface area (Å²) in [7, 11) is 1.69.